The van der Waals surface area contributed by atoms with Crippen LogP contribution in [0.15, 0.2) is 22.7 Å². The summed E-state index contributed by atoms with van der Waals surface area (Å²) in [5.41, 5.74) is 1.03. The SMILES string of the molecule is COCC(Nc1nc2ccc(Br)cc2s1)C(C)C. The molecule has 1 aromatic carbocycles. The molecule has 1 atom stereocenters. The van der Waals surface area contributed by atoms with E-state index in [9.17, 15) is 0 Å². The van der Waals surface area contributed by atoms with Crippen LogP contribution >= 0.6 is 27.3 Å². The van der Waals surface area contributed by atoms with Gasteiger partial charge >= 0.3 is 0 Å². The number of thiazole rings is 1. The fourth-order valence-electron chi connectivity index (χ4n) is 1.70. The van der Waals surface area contributed by atoms with Crippen LogP contribution in [0.3, 0.4) is 0 Å². The highest BCUT2D eigenvalue weighted by Crippen LogP contribution is 2.29. The summed E-state index contributed by atoms with van der Waals surface area (Å²) in [6.07, 6.45) is 0. The van der Waals surface area contributed by atoms with Crippen LogP contribution in [-0.2, 0) is 4.74 Å². The number of hydrogen-bond acceptors (Lipinski definition) is 4. The fourth-order valence-corrected chi connectivity index (χ4v) is 3.18. The number of aromatic nitrogens is 1. The lowest BCUT2D eigenvalue weighted by atomic mass is 10.1. The Morgan fingerprint density at radius 2 is 2.22 bits per heavy atom. The Bertz CT molecular complexity index is 527. The molecule has 1 N–H and O–H groups in total. The summed E-state index contributed by atoms with van der Waals surface area (Å²) >= 11 is 5.15. The molecule has 0 amide bonds. The van der Waals surface area contributed by atoms with Crippen LogP contribution in [0.25, 0.3) is 10.2 Å². The van der Waals surface area contributed by atoms with Crippen molar-refractivity contribution in [2.45, 2.75) is 19.9 Å². The van der Waals surface area contributed by atoms with Crippen LogP contribution in [0.2, 0.25) is 0 Å². The third-order valence-electron chi connectivity index (χ3n) is 2.81. The summed E-state index contributed by atoms with van der Waals surface area (Å²) in [5.74, 6) is 0.503. The summed E-state index contributed by atoms with van der Waals surface area (Å²) in [6.45, 7) is 5.05. The first-order chi connectivity index (χ1) is 8.60. The molecular formula is C13H17BrN2OS. The van der Waals surface area contributed by atoms with Crippen LogP contribution in [-0.4, -0.2) is 24.7 Å². The van der Waals surface area contributed by atoms with Gasteiger partial charge in [0.2, 0.25) is 0 Å². The van der Waals surface area contributed by atoms with Crippen molar-refractivity contribution in [1.29, 1.82) is 0 Å². The van der Waals surface area contributed by atoms with Gasteiger partial charge in [0, 0.05) is 11.6 Å². The van der Waals surface area contributed by atoms with E-state index in [1.54, 1.807) is 18.4 Å². The highest BCUT2D eigenvalue weighted by atomic mass is 79.9. The van der Waals surface area contributed by atoms with Gasteiger partial charge in [-0.2, -0.15) is 0 Å². The summed E-state index contributed by atoms with van der Waals surface area (Å²) in [7, 11) is 1.73. The van der Waals surface area contributed by atoms with Gasteiger partial charge in [-0.25, -0.2) is 4.98 Å². The van der Waals surface area contributed by atoms with Crippen molar-refractivity contribution < 1.29 is 4.74 Å². The number of ether oxygens (including phenoxy) is 1. The Labute approximate surface area is 120 Å². The molecule has 18 heavy (non-hydrogen) atoms. The van der Waals surface area contributed by atoms with Crippen molar-refractivity contribution in [3.8, 4) is 0 Å². The van der Waals surface area contributed by atoms with Crippen LogP contribution in [0, 0.1) is 5.92 Å². The zero-order valence-corrected chi connectivity index (χ0v) is 13.1. The Hall–Kier alpha value is -0.650. The molecule has 1 unspecified atom stereocenters. The number of fused-ring (bicyclic) bond motifs is 1. The lowest BCUT2D eigenvalue weighted by Crippen LogP contribution is -2.30. The molecular weight excluding hydrogens is 312 g/mol. The quantitative estimate of drug-likeness (QED) is 0.895. The monoisotopic (exact) mass is 328 g/mol. The van der Waals surface area contributed by atoms with Crippen LogP contribution in [0.5, 0.6) is 0 Å². The molecule has 0 spiro atoms. The standard InChI is InChI=1S/C13H17BrN2OS/c1-8(2)11(7-17-3)16-13-15-10-5-4-9(14)6-12(10)18-13/h4-6,8,11H,7H2,1-3H3,(H,15,16). The number of halogens is 1. The normalized spacial score (nSPS) is 13.2. The van der Waals surface area contributed by atoms with E-state index in [-0.39, 0.29) is 0 Å². The van der Waals surface area contributed by atoms with Crippen molar-refractivity contribution in [2.24, 2.45) is 5.92 Å². The predicted octanol–water partition coefficient (Wildman–Crippen LogP) is 4.14. The van der Waals surface area contributed by atoms with E-state index in [0.29, 0.717) is 18.6 Å². The van der Waals surface area contributed by atoms with E-state index in [1.165, 1.54) is 4.70 Å². The van der Waals surface area contributed by atoms with Gasteiger partial charge in [-0.15, -0.1) is 0 Å². The Balaban J connectivity index is 2.20. The molecule has 0 fully saturated rings. The van der Waals surface area contributed by atoms with E-state index in [0.717, 1.165) is 15.1 Å². The molecule has 0 saturated heterocycles. The second kappa shape index (κ2) is 5.99. The first-order valence-corrected chi connectivity index (χ1v) is 7.52. The maximum absolute atomic E-state index is 5.24. The molecule has 0 aliphatic carbocycles. The minimum absolute atomic E-state index is 0.291. The fraction of sp³-hybridized carbons (Fsp3) is 0.462. The van der Waals surface area contributed by atoms with Gasteiger partial charge in [0.05, 0.1) is 22.9 Å². The highest BCUT2D eigenvalue weighted by Gasteiger charge is 2.15. The molecule has 3 nitrogen and oxygen atoms in total. The third kappa shape index (κ3) is 3.22. The minimum atomic E-state index is 0.291. The second-order valence-corrected chi connectivity index (χ2v) is 6.53. The number of nitrogens with zero attached hydrogens (tertiary/aromatic N) is 1. The van der Waals surface area contributed by atoms with Gasteiger partial charge in [-0.05, 0) is 24.1 Å². The largest absolute Gasteiger partial charge is 0.383 e. The van der Waals surface area contributed by atoms with Gasteiger partial charge < -0.3 is 10.1 Å². The number of rotatable bonds is 5. The zero-order chi connectivity index (χ0) is 13.1. The van der Waals surface area contributed by atoms with Crippen LogP contribution in [0.4, 0.5) is 5.13 Å². The van der Waals surface area contributed by atoms with Gasteiger partial charge in [0.15, 0.2) is 5.13 Å². The van der Waals surface area contributed by atoms with Gasteiger partial charge in [-0.1, -0.05) is 41.1 Å². The predicted molar refractivity (Wildman–Crippen MR) is 81.4 cm³/mol. The Morgan fingerprint density at radius 3 is 2.89 bits per heavy atom. The van der Waals surface area contributed by atoms with Crippen LogP contribution < -0.4 is 5.32 Å². The van der Waals surface area contributed by atoms with Crippen molar-refractivity contribution in [3.05, 3.63) is 22.7 Å². The molecule has 0 aliphatic heterocycles. The molecule has 0 bridgehead atoms. The van der Waals surface area contributed by atoms with E-state index >= 15 is 0 Å². The van der Waals surface area contributed by atoms with Crippen molar-refractivity contribution >= 4 is 42.6 Å². The lowest BCUT2D eigenvalue weighted by molar-refractivity contribution is 0.171. The van der Waals surface area contributed by atoms with E-state index in [1.807, 2.05) is 12.1 Å². The molecule has 0 saturated carbocycles. The zero-order valence-electron chi connectivity index (χ0n) is 10.7. The average molecular weight is 329 g/mol. The summed E-state index contributed by atoms with van der Waals surface area (Å²) in [6, 6.07) is 6.43. The van der Waals surface area contributed by atoms with Crippen molar-refractivity contribution in [1.82, 2.24) is 4.98 Å². The number of nitrogens with one attached hydrogen (secondary N) is 1. The molecule has 2 rings (SSSR count). The van der Waals surface area contributed by atoms with E-state index in [2.05, 4.69) is 46.1 Å². The number of methoxy groups -OCH3 is 1. The number of anilines is 1. The highest BCUT2D eigenvalue weighted by molar-refractivity contribution is 9.10. The third-order valence-corrected chi connectivity index (χ3v) is 4.25. The van der Waals surface area contributed by atoms with E-state index < -0.39 is 0 Å². The molecule has 0 radical (unpaired) electrons. The lowest BCUT2D eigenvalue weighted by Gasteiger charge is -2.20. The molecule has 98 valence electrons. The Kier molecular flexibility index (Phi) is 4.59. The average Bonchev–Trinajstić information content (AvgIpc) is 2.69. The van der Waals surface area contributed by atoms with Crippen molar-refractivity contribution in [2.75, 3.05) is 19.0 Å². The number of benzene rings is 1. The smallest absolute Gasteiger partial charge is 0.184 e. The summed E-state index contributed by atoms with van der Waals surface area (Å²) in [5, 5.41) is 4.41. The minimum Gasteiger partial charge on any atom is -0.383 e. The first-order valence-electron chi connectivity index (χ1n) is 5.91. The number of hydrogen-bond donors (Lipinski definition) is 1. The maximum atomic E-state index is 5.24. The van der Waals surface area contributed by atoms with Gasteiger partial charge in [0.1, 0.15) is 0 Å². The van der Waals surface area contributed by atoms with Crippen molar-refractivity contribution in [3.63, 3.8) is 0 Å². The summed E-state index contributed by atoms with van der Waals surface area (Å²) in [4.78, 5) is 4.59. The van der Waals surface area contributed by atoms with E-state index in [4.69, 9.17) is 4.74 Å². The molecule has 1 aromatic heterocycles. The van der Waals surface area contributed by atoms with Crippen LogP contribution in [0.1, 0.15) is 13.8 Å². The Morgan fingerprint density at radius 1 is 1.44 bits per heavy atom. The second-order valence-electron chi connectivity index (χ2n) is 4.58. The van der Waals surface area contributed by atoms with Gasteiger partial charge in [0.25, 0.3) is 0 Å². The molecule has 0 aliphatic rings. The molecule has 5 heteroatoms. The van der Waals surface area contributed by atoms with Gasteiger partial charge in [-0.3, -0.25) is 0 Å². The maximum Gasteiger partial charge on any atom is 0.184 e. The molecule has 2 aromatic rings. The first kappa shape index (κ1) is 13.8. The summed E-state index contributed by atoms with van der Waals surface area (Å²) < 4.78 is 7.51. The topological polar surface area (TPSA) is 34.1 Å². The molecule has 1 heterocycles.